The Morgan fingerprint density at radius 1 is 1.26 bits per heavy atom. The minimum absolute atomic E-state index is 0.490. The molecule has 0 saturated carbocycles. The fraction of sp³-hybridized carbons (Fsp3) is 0.438. The van der Waals surface area contributed by atoms with E-state index in [2.05, 4.69) is 42.7 Å². The lowest BCUT2D eigenvalue weighted by Crippen LogP contribution is -2.13. The minimum Gasteiger partial charge on any atom is -0.309 e. The maximum atomic E-state index is 4.80. The predicted molar refractivity (Wildman–Crippen MR) is 80.8 cm³/mol. The van der Waals surface area contributed by atoms with Crippen LogP contribution >= 0.6 is 11.3 Å². The first-order chi connectivity index (χ1) is 9.20. The Hall–Kier alpha value is -1.19. The van der Waals surface area contributed by atoms with Gasteiger partial charge in [-0.2, -0.15) is 0 Å². The van der Waals surface area contributed by atoms with E-state index in [4.69, 9.17) is 4.98 Å². The van der Waals surface area contributed by atoms with Crippen molar-refractivity contribution in [1.82, 2.24) is 10.3 Å². The highest BCUT2D eigenvalue weighted by Crippen LogP contribution is 2.25. The average molecular weight is 272 g/mol. The number of aryl methyl sites for hydroxylation is 2. The number of aromatic nitrogens is 1. The van der Waals surface area contributed by atoms with Gasteiger partial charge in [-0.25, -0.2) is 4.98 Å². The Balaban J connectivity index is 1.76. The second-order valence-corrected chi connectivity index (χ2v) is 6.43. The van der Waals surface area contributed by atoms with Crippen molar-refractivity contribution < 1.29 is 0 Å². The van der Waals surface area contributed by atoms with Gasteiger partial charge in [0.15, 0.2) is 0 Å². The third kappa shape index (κ3) is 3.04. The Kier molecular flexibility index (Phi) is 3.67. The monoisotopic (exact) mass is 272 g/mol. The van der Waals surface area contributed by atoms with Gasteiger partial charge in [-0.3, -0.25) is 0 Å². The summed E-state index contributed by atoms with van der Waals surface area (Å²) in [5.41, 5.74) is 5.29. The molecule has 0 radical (unpaired) electrons. The fourth-order valence-corrected chi connectivity index (χ4v) is 3.73. The molecule has 100 valence electrons. The largest absolute Gasteiger partial charge is 0.309 e. The van der Waals surface area contributed by atoms with Gasteiger partial charge in [-0.05, 0) is 38.8 Å². The van der Waals surface area contributed by atoms with Crippen molar-refractivity contribution in [1.29, 1.82) is 0 Å². The van der Waals surface area contributed by atoms with Crippen LogP contribution in [0.1, 0.15) is 46.3 Å². The van der Waals surface area contributed by atoms with Crippen LogP contribution in [0.2, 0.25) is 0 Å². The van der Waals surface area contributed by atoms with Gasteiger partial charge in [0.25, 0.3) is 0 Å². The van der Waals surface area contributed by atoms with Crippen molar-refractivity contribution in [2.24, 2.45) is 0 Å². The molecule has 1 aliphatic heterocycles. The van der Waals surface area contributed by atoms with E-state index in [1.807, 2.05) is 0 Å². The summed E-state index contributed by atoms with van der Waals surface area (Å²) < 4.78 is 0. The Bertz CT molecular complexity index is 548. The van der Waals surface area contributed by atoms with Gasteiger partial charge in [0.05, 0.1) is 16.7 Å². The van der Waals surface area contributed by atoms with Crippen molar-refractivity contribution >= 4 is 11.3 Å². The maximum absolute atomic E-state index is 4.80. The number of nitrogens with zero attached hydrogens (tertiary/aromatic N) is 1. The van der Waals surface area contributed by atoms with Crippen LogP contribution in [0.5, 0.6) is 0 Å². The molecule has 0 spiro atoms. The zero-order valence-corrected chi connectivity index (χ0v) is 12.4. The van der Waals surface area contributed by atoms with Gasteiger partial charge in [-0.15, -0.1) is 11.3 Å². The molecule has 1 aromatic carbocycles. The number of hydrogen-bond donors (Lipinski definition) is 1. The quantitative estimate of drug-likeness (QED) is 0.920. The SMILES string of the molecule is Cc1cc(C)cc(Cc2nc([C@@H]3CCCN3)cs2)c1. The van der Waals surface area contributed by atoms with Crippen LogP contribution in [-0.4, -0.2) is 11.5 Å². The van der Waals surface area contributed by atoms with Gasteiger partial charge in [0, 0.05) is 11.8 Å². The molecule has 0 aliphatic carbocycles. The normalized spacial score (nSPS) is 18.9. The molecule has 1 atom stereocenters. The van der Waals surface area contributed by atoms with Crippen LogP contribution in [0.25, 0.3) is 0 Å². The first kappa shape index (κ1) is 12.8. The molecule has 2 nitrogen and oxygen atoms in total. The van der Waals surface area contributed by atoms with Crippen molar-refractivity contribution in [3.05, 3.63) is 51.0 Å². The molecule has 2 heterocycles. The Morgan fingerprint density at radius 3 is 2.74 bits per heavy atom. The van der Waals surface area contributed by atoms with E-state index in [9.17, 15) is 0 Å². The van der Waals surface area contributed by atoms with Crippen LogP contribution in [0.4, 0.5) is 0 Å². The number of nitrogens with one attached hydrogen (secondary N) is 1. The summed E-state index contributed by atoms with van der Waals surface area (Å²) in [4.78, 5) is 4.80. The summed E-state index contributed by atoms with van der Waals surface area (Å²) >= 11 is 1.79. The molecule has 0 amide bonds. The second-order valence-electron chi connectivity index (χ2n) is 5.49. The highest BCUT2D eigenvalue weighted by molar-refractivity contribution is 7.09. The number of rotatable bonds is 3. The molecule has 3 rings (SSSR count). The van der Waals surface area contributed by atoms with Crippen molar-refractivity contribution in [3.63, 3.8) is 0 Å². The fourth-order valence-electron chi connectivity index (χ4n) is 2.85. The second kappa shape index (κ2) is 5.43. The predicted octanol–water partition coefficient (Wildman–Crippen LogP) is 3.78. The molecule has 1 fully saturated rings. The summed E-state index contributed by atoms with van der Waals surface area (Å²) in [6.07, 6.45) is 3.46. The molecule has 1 N–H and O–H groups in total. The maximum Gasteiger partial charge on any atom is 0.0972 e. The minimum atomic E-state index is 0.490. The number of thiazole rings is 1. The molecular formula is C16H20N2S. The standard InChI is InChI=1S/C16H20N2S/c1-11-6-12(2)8-13(7-11)9-16-18-15(10-19-16)14-4-3-5-17-14/h6-8,10,14,17H,3-5,9H2,1-2H3/t14-/m0/s1. The molecule has 1 aromatic heterocycles. The smallest absolute Gasteiger partial charge is 0.0972 e. The van der Waals surface area contributed by atoms with Gasteiger partial charge in [0.2, 0.25) is 0 Å². The van der Waals surface area contributed by atoms with Crippen molar-refractivity contribution in [2.45, 2.75) is 39.2 Å². The van der Waals surface area contributed by atoms with E-state index in [1.165, 1.54) is 40.2 Å². The summed E-state index contributed by atoms with van der Waals surface area (Å²) in [6, 6.07) is 7.24. The first-order valence-electron chi connectivity index (χ1n) is 6.95. The van der Waals surface area contributed by atoms with Crippen LogP contribution in [0, 0.1) is 13.8 Å². The van der Waals surface area contributed by atoms with Crippen molar-refractivity contribution in [2.75, 3.05) is 6.54 Å². The molecule has 1 aliphatic rings. The molecule has 2 aromatic rings. The zero-order valence-electron chi connectivity index (χ0n) is 11.6. The summed E-state index contributed by atoms with van der Waals surface area (Å²) in [6.45, 7) is 5.45. The lowest BCUT2D eigenvalue weighted by molar-refractivity contribution is 0.630. The van der Waals surface area contributed by atoms with E-state index in [1.54, 1.807) is 11.3 Å². The third-order valence-corrected chi connectivity index (χ3v) is 4.49. The van der Waals surface area contributed by atoms with Gasteiger partial charge in [0.1, 0.15) is 0 Å². The van der Waals surface area contributed by atoms with E-state index in [-0.39, 0.29) is 0 Å². The average Bonchev–Trinajstić information content (AvgIpc) is 2.96. The van der Waals surface area contributed by atoms with Crippen LogP contribution in [-0.2, 0) is 6.42 Å². The number of benzene rings is 1. The van der Waals surface area contributed by atoms with E-state index in [0.29, 0.717) is 6.04 Å². The third-order valence-electron chi connectivity index (χ3n) is 3.62. The first-order valence-corrected chi connectivity index (χ1v) is 7.83. The topological polar surface area (TPSA) is 24.9 Å². The lowest BCUT2D eigenvalue weighted by Gasteiger charge is -2.05. The Morgan fingerprint density at radius 2 is 2.05 bits per heavy atom. The molecule has 1 saturated heterocycles. The van der Waals surface area contributed by atoms with Crippen LogP contribution < -0.4 is 5.32 Å². The molecular weight excluding hydrogens is 252 g/mol. The van der Waals surface area contributed by atoms with E-state index in [0.717, 1.165) is 13.0 Å². The molecule has 3 heteroatoms. The summed E-state index contributed by atoms with van der Waals surface area (Å²) in [7, 11) is 0. The Labute approximate surface area is 118 Å². The summed E-state index contributed by atoms with van der Waals surface area (Å²) in [5.74, 6) is 0. The van der Waals surface area contributed by atoms with Crippen LogP contribution in [0.15, 0.2) is 23.6 Å². The van der Waals surface area contributed by atoms with E-state index < -0.39 is 0 Å². The van der Waals surface area contributed by atoms with Crippen molar-refractivity contribution in [3.8, 4) is 0 Å². The zero-order chi connectivity index (χ0) is 13.2. The number of hydrogen-bond acceptors (Lipinski definition) is 3. The molecule has 19 heavy (non-hydrogen) atoms. The highest BCUT2D eigenvalue weighted by atomic mass is 32.1. The van der Waals surface area contributed by atoms with Gasteiger partial charge < -0.3 is 5.32 Å². The van der Waals surface area contributed by atoms with E-state index >= 15 is 0 Å². The lowest BCUT2D eigenvalue weighted by atomic mass is 10.1. The highest BCUT2D eigenvalue weighted by Gasteiger charge is 2.18. The van der Waals surface area contributed by atoms with Gasteiger partial charge >= 0.3 is 0 Å². The van der Waals surface area contributed by atoms with Crippen LogP contribution in [0.3, 0.4) is 0 Å². The molecule has 0 unspecified atom stereocenters. The molecule has 0 bridgehead atoms. The summed E-state index contributed by atoms with van der Waals surface area (Å²) in [5, 5.41) is 6.97. The van der Waals surface area contributed by atoms with Gasteiger partial charge in [-0.1, -0.05) is 29.3 Å².